The van der Waals surface area contributed by atoms with E-state index < -0.39 is 11.2 Å². The van der Waals surface area contributed by atoms with Crippen LogP contribution in [0, 0.1) is 0 Å². The van der Waals surface area contributed by atoms with Crippen LogP contribution >= 0.6 is 0 Å². The number of rotatable bonds is 3. The molecule has 2 rings (SSSR count). The Balaban J connectivity index is 1.84. The van der Waals surface area contributed by atoms with E-state index in [0.29, 0.717) is 25.7 Å². The maximum atomic E-state index is 12.2. The van der Waals surface area contributed by atoms with Crippen LogP contribution in [0.25, 0.3) is 0 Å². The van der Waals surface area contributed by atoms with Crippen LogP contribution in [0.2, 0.25) is 0 Å². The highest BCUT2D eigenvalue weighted by molar-refractivity contribution is 5.68. The van der Waals surface area contributed by atoms with Gasteiger partial charge in [-0.3, -0.25) is 0 Å². The predicted molar refractivity (Wildman–Crippen MR) is 93.0 cm³/mol. The van der Waals surface area contributed by atoms with Crippen LogP contribution in [0.1, 0.15) is 60.3 Å². The van der Waals surface area contributed by atoms with E-state index in [9.17, 15) is 9.90 Å². The summed E-state index contributed by atoms with van der Waals surface area (Å²) >= 11 is 0. The highest BCUT2D eigenvalue weighted by Crippen LogP contribution is 2.35. The number of nitrogens with one attached hydrogen (secondary N) is 1. The van der Waals surface area contributed by atoms with Crippen molar-refractivity contribution in [1.82, 2.24) is 10.2 Å². The monoisotopic (exact) mass is 342 g/mol. The lowest BCUT2D eigenvalue weighted by atomic mass is 9.82. The summed E-state index contributed by atoms with van der Waals surface area (Å²) in [6, 6.07) is 0.359. The first-order valence-corrected chi connectivity index (χ1v) is 9.06. The van der Waals surface area contributed by atoms with Gasteiger partial charge in [0.15, 0.2) is 0 Å². The Morgan fingerprint density at radius 2 is 1.92 bits per heavy atom. The van der Waals surface area contributed by atoms with Crippen molar-refractivity contribution in [3.8, 4) is 0 Å². The third-order valence-corrected chi connectivity index (χ3v) is 4.64. The lowest BCUT2D eigenvalue weighted by molar-refractivity contribution is -0.119. The van der Waals surface area contributed by atoms with Crippen LogP contribution < -0.4 is 5.32 Å². The van der Waals surface area contributed by atoms with Crippen molar-refractivity contribution in [2.24, 2.45) is 0 Å². The third kappa shape index (κ3) is 5.90. The highest BCUT2D eigenvalue weighted by Gasteiger charge is 2.41. The summed E-state index contributed by atoms with van der Waals surface area (Å²) in [4.78, 5) is 14.0. The van der Waals surface area contributed by atoms with Gasteiger partial charge in [-0.25, -0.2) is 4.79 Å². The fraction of sp³-hybridized carbons (Fsp3) is 0.944. The summed E-state index contributed by atoms with van der Waals surface area (Å²) in [6.07, 6.45) is 3.35. The lowest BCUT2D eigenvalue weighted by Crippen LogP contribution is -2.55. The van der Waals surface area contributed by atoms with Crippen LogP contribution in [0.15, 0.2) is 0 Å². The second-order valence-electron chi connectivity index (χ2n) is 8.88. The minimum absolute atomic E-state index is 0.145. The molecule has 0 aromatic heterocycles. The minimum Gasteiger partial charge on any atom is -0.444 e. The summed E-state index contributed by atoms with van der Waals surface area (Å²) in [7, 11) is 0. The maximum absolute atomic E-state index is 12.2. The summed E-state index contributed by atoms with van der Waals surface area (Å²) in [5, 5.41) is 13.3. The van der Waals surface area contributed by atoms with Gasteiger partial charge in [-0.15, -0.1) is 0 Å². The van der Waals surface area contributed by atoms with E-state index in [0.717, 1.165) is 32.3 Å². The molecule has 2 fully saturated rings. The van der Waals surface area contributed by atoms with Gasteiger partial charge in [0.1, 0.15) is 5.60 Å². The molecule has 6 heteroatoms. The molecule has 2 aliphatic heterocycles. The van der Waals surface area contributed by atoms with Crippen LogP contribution in [-0.4, -0.2) is 65.2 Å². The SMILES string of the molecule is CC(C)(O)CNC1CCOC2(CCN(C(=O)OC(C)(C)C)CC2)C1. The Hall–Kier alpha value is -0.850. The summed E-state index contributed by atoms with van der Waals surface area (Å²) in [5.41, 5.74) is -1.31. The van der Waals surface area contributed by atoms with Gasteiger partial charge in [0.2, 0.25) is 0 Å². The van der Waals surface area contributed by atoms with E-state index in [4.69, 9.17) is 9.47 Å². The highest BCUT2D eigenvalue weighted by atomic mass is 16.6. The Morgan fingerprint density at radius 1 is 1.29 bits per heavy atom. The number of aliphatic hydroxyl groups is 1. The normalized spacial score (nSPS) is 24.9. The zero-order valence-corrected chi connectivity index (χ0v) is 15.9. The molecule has 0 radical (unpaired) electrons. The number of nitrogens with zero attached hydrogens (tertiary/aromatic N) is 1. The van der Waals surface area contributed by atoms with E-state index in [2.05, 4.69) is 5.32 Å². The first-order chi connectivity index (χ1) is 11.0. The summed E-state index contributed by atoms with van der Waals surface area (Å²) < 4.78 is 11.6. The molecule has 0 aliphatic carbocycles. The van der Waals surface area contributed by atoms with E-state index in [1.165, 1.54) is 0 Å². The number of ether oxygens (including phenoxy) is 2. The molecule has 0 aromatic carbocycles. The van der Waals surface area contributed by atoms with E-state index in [1.807, 2.05) is 34.6 Å². The fourth-order valence-corrected chi connectivity index (χ4v) is 3.37. The standard InChI is InChI=1S/C18H34N2O4/c1-16(2,3)24-15(21)20-9-7-18(8-10-20)12-14(6-11-23-18)19-13-17(4,5)22/h14,19,22H,6-13H2,1-5H3. The number of amides is 1. The van der Waals surface area contributed by atoms with Gasteiger partial charge in [0.25, 0.3) is 0 Å². The Bertz CT molecular complexity index is 431. The molecule has 140 valence electrons. The van der Waals surface area contributed by atoms with Crippen LogP contribution in [0.3, 0.4) is 0 Å². The molecule has 2 saturated heterocycles. The van der Waals surface area contributed by atoms with Crippen molar-refractivity contribution in [3.05, 3.63) is 0 Å². The average Bonchev–Trinajstić information content (AvgIpc) is 2.43. The smallest absolute Gasteiger partial charge is 0.410 e. The predicted octanol–water partition coefficient (Wildman–Crippen LogP) is 2.30. The number of likely N-dealkylation sites (tertiary alicyclic amines) is 1. The molecule has 1 amide bonds. The van der Waals surface area contributed by atoms with Crippen molar-refractivity contribution >= 4 is 6.09 Å². The number of piperidine rings is 1. The van der Waals surface area contributed by atoms with Crippen LogP contribution in [0.4, 0.5) is 4.79 Å². The first kappa shape index (κ1) is 19.5. The first-order valence-electron chi connectivity index (χ1n) is 9.06. The van der Waals surface area contributed by atoms with Gasteiger partial charge in [0, 0.05) is 32.3 Å². The number of hydrogen-bond acceptors (Lipinski definition) is 5. The molecule has 1 atom stereocenters. The Labute approximate surface area is 145 Å². The lowest BCUT2D eigenvalue weighted by Gasteiger charge is -2.46. The molecule has 1 spiro atoms. The zero-order valence-electron chi connectivity index (χ0n) is 15.9. The van der Waals surface area contributed by atoms with Crippen molar-refractivity contribution in [3.63, 3.8) is 0 Å². The Kier molecular flexibility index (Phi) is 5.83. The molecule has 24 heavy (non-hydrogen) atoms. The van der Waals surface area contributed by atoms with Crippen molar-refractivity contribution in [2.45, 2.75) is 83.1 Å². The van der Waals surface area contributed by atoms with Gasteiger partial charge in [-0.05, 0) is 60.3 Å². The van der Waals surface area contributed by atoms with Gasteiger partial charge in [-0.2, -0.15) is 0 Å². The quantitative estimate of drug-likeness (QED) is 0.823. The molecule has 2 aliphatic rings. The molecule has 2 heterocycles. The van der Waals surface area contributed by atoms with Crippen molar-refractivity contribution < 1.29 is 19.4 Å². The second-order valence-corrected chi connectivity index (χ2v) is 8.88. The molecule has 6 nitrogen and oxygen atoms in total. The van der Waals surface area contributed by atoms with E-state index >= 15 is 0 Å². The van der Waals surface area contributed by atoms with Gasteiger partial charge in [-0.1, -0.05) is 0 Å². The molecular weight excluding hydrogens is 308 g/mol. The van der Waals surface area contributed by atoms with Gasteiger partial charge in [0.05, 0.1) is 11.2 Å². The van der Waals surface area contributed by atoms with Crippen LogP contribution in [-0.2, 0) is 9.47 Å². The summed E-state index contributed by atoms with van der Waals surface area (Å²) in [5.74, 6) is 0. The zero-order chi connectivity index (χ0) is 18.0. The number of hydrogen-bond donors (Lipinski definition) is 2. The largest absolute Gasteiger partial charge is 0.444 e. The van der Waals surface area contributed by atoms with Gasteiger partial charge < -0.3 is 24.8 Å². The van der Waals surface area contributed by atoms with Gasteiger partial charge >= 0.3 is 6.09 Å². The molecule has 2 N–H and O–H groups in total. The molecule has 0 bridgehead atoms. The second kappa shape index (κ2) is 7.18. The number of carbonyl (C=O) groups excluding carboxylic acids is 1. The fourth-order valence-electron chi connectivity index (χ4n) is 3.37. The van der Waals surface area contributed by atoms with E-state index in [-0.39, 0.29) is 11.7 Å². The molecule has 0 saturated carbocycles. The molecule has 1 unspecified atom stereocenters. The Morgan fingerprint density at radius 3 is 2.46 bits per heavy atom. The average molecular weight is 342 g/mol. The van der Waals surface area contributed by atoms with Crippen molar-refractivity contribution in [1.29, 1.82) is 0 Å². The minimum atomic E-state index is -0.703. The topological polar surface area (TPSA) is 71.0 Å². The van der Waals surface area contributed by atoms with Crippen molar-refractivity contribution in [2.75, 3.05) is 26.2 Å². The number of carbonyl (C=O) groups is 1. The van der Waals surface area contributed by atoms with E-state index in [1.54, 1.807) is 4.90 Å². The third-order valence-electron chi connectivity index (χ3n) is 4.64. The summed E-state index contributed by atoms with van der Waals surface area (Å²) in [6.45, 7) is 12.0. The van der Waals surface area contributed by atoms with Crippen LogP contribution in [0.5, 0.6) is 0 Å². The molecular formula is C18H34N2O4. The maximum Gasteiger partial charge on any atom is 0.410 e. The molecule has 0 aromatic rings.